The van der Waals surface area contributed by atoms with Gasteiger partial charge < -0.3 is 14.7 Å². The maximum Gasteiger partial charge on any atom is 0.303 e. The molecule has 0 radical (unpaired) electrons. The maximum atomic E-state index is 10.3. The molecule has 0 aliphatic rings. The highest BCUT2D eigenvalue weighted by molar-refractivity contribution is 5.85. The predicted molar refractivity (Wildman–Crippen MR) is 81.8 cm³/mol. The van der Waals surface area contributed by atoms with Crippen LogP contribution in [0.15, 0.2) is 24.3 Å². The van der Waals surface area contributed by atoms with Crippen LogP contribution in [0.5, 0.6) is 0 Å². The van der Waals surface area contributed by atoms with Crippen molar-refractivity contribution in [3.8, 4) is 0 Å². The Morgan fingerprint density at radius 3 is 2.26 bits per heavy atom. The van der Waals surface area contributed by atoms with Crippen molar-refractivity contribution in [1.82, 2.24) is 0 Å². The van der Waals surface area contributed by atoms with Gasteiger partial charge in [0.25, 0.3) is 0 Å². The van der Waals surface area contributed by atoms with Gasteiger partial charge in [-0.05, 0) is 24.1 Å². The van der Waals surface area contributed by atoms with E-state index in [1.165, 1.54) is 0 Å². The van der Waals surface area contributed by atoms with Crippen LogP contribution in [-0.4, -0.2) is 31.8 Å². The molecule has 1 aromatic carbocycles. The number of carboxylic acid groups (broad SMARTS) is 1. The van der Waals surface area contributed by atoms with Gasteiger partial charge in [0.2, 0.25) is 0 Å². The van der Waals surface area contributed by atoms with Gasteiger partial charge in [-0.2, -0.15) is 0 Å². The summed E-state index contributed by atoms with van der Waals surface area (Å²) in [5.74, 6) is -0.774. The lowest BCUT2D eigenvalue weighted by Crippen LogP contribution is -2.08. The number of halogens is 2. The SMILES string of the molecule is CN(C)c1ccc(COCCCC(=O)O)cc1.Cl.Cl. The third-order valence-electron chi connectivity index (χ3n) is 2.40. The lowest BCUT2D eigenvalue weighted by Gasteiger charge is -2.12. The summed E-state index contributed by atoms with van der Waals surface area (Å²) >= 11 is 0. The number of hydrogen-bond acceptors (Lipinski definition) is 3. The monoisotopic (exact) mass is 309 g/mol. The smallest absolute Gasteiger partial charge is 0.303 e. The number of aliphatic carboxylic acids is 1. The van der Waals surface area contributed by atoms with E-state index in [0.29, 0.717) is 19.6 Å². The number of ether oxygens (including phenoxy) is 1. The van der Waals surface area contributed by atoms with Crippen molar-refractivity contribution < 1.29 is 14.6 Å². The van der Waals surface area contributed by atoms with Crippen LogP contribution in [0.25, 0.3) is 0 Å². The zero-order valence-corrected chi connectivity index (χ0v) is 12.8. The number of anilines is 1. The highest BCUT2D eigenvalue weighted by Gasteiger charge is 1.98. The highest BCUT2D eigenvalue weighted by atomic mass is 35.5. The minimum atomic E-state index is -0.774. The van der Waals surface area contributed by atoms with Crippen LogP contribution in [0.1, 0.15) is 18.4 Å². The van der Waals surface area contributed by atoms with Crippen molar-refractivity contribution in [3.05, 3.63) is 29.8 Å². The first-order valence-electron chi connectivity index (χ1n) is 5.65. The van der Waals surface area contributed by atoms with Crippen molar-refractivity contribution >= 4 is 36.5 Å². The summed E-state index contributed by atoms with van der Waals surface area (Å²) in [7, 11) is 3.99. The van der Waals surface area contributed by atoms with Crippen molar-refractivity contribution in [3.63, 3.8) is 0 Å². The Morgan fingerprint density at radius 2 is 1.79 bits per heavy atom. The fraction of sp³-hybridized carbons (Fsp3) is 0.462. The molecule has 0 amide bonds. The van der Waals surface area contributed by atoms with Crippen LogP contribution in [-0.2, 0) is 16.1 Å². The van der Waals surface area contributed by atoms with Crippen LogP contribution in [0.3, 0.4) is 0 Å². The fourth-order valence-electron chi connectivity index (χ4n) is 1.41. The average molecular weight is 310 g/mol. The molecule has 4 nitrogen and oxygen atoms in total. The first-order chi connectivity index (χ1) is 8.09. The van der Waals surface area contributed by atoms with Gasteiger partial charge in [-0.3, -0.25) is 4.79 Å². The highest BCUT2D eigenvalue weighted by Crippen LogP contribution is 2.12. The third kappa shape index (κ3) is 8.70. The van der Waals surface area contributed by atoms with E-state index >= 15 is 0 Å². The minimum absolute atomic E-state index is 0. The third-order valence-corrected chi connectivity index (χ3v) is 2.40. The standard InChI is InChI=1S/C13H19NO3.2ClH/c1-14(2)12-7-5-11(6-8-12)10-17-9-3-4-13(15)16;;/h5-8H,3-4,9-10H2,1-2H3,(H,15,16);2*1H. The largest absolute Gasteiger partial charge is 0.481 e. The number of carboxylic acids is 1. The Kier molecular flexibility index (Phi) is 11.7. The zero-order valence-electron chi connectivity index (χ0n) is 11.2. The number of carbonyl (C=O) groups is 1. The van der Waals surface area contributed by atoms with Crippen LogP contribution in [0.2, 0.25) is 0 Å². The second kappa shape index (κ2) is 10.9. The van der Waals surface area contributed by atoms with E-state index in [1.54, 1.807) is 0 Å². The molecule has 0 spiro atoms. The average Bonchev–Trinajstić information content (AvgIpc) is 2.29. The Hall–Kier alpha value is -0.970. The molecule has 0 heterocycles. The second-order valence-electron chi connectivity index (χ2n) is 4.11. The van der Waals surface area contributed by atoms with Crippen molar-refractivity contribution in [1.29, 1.82) is 0 Å². The molecule has 110 valence electrons. The first-order valence-corrected chi connectivity index (χ1v) is 5.65. The molecule has 0 aliphatic heterocycles. The Labute approximate surface area is 126 Å². The molecular formula is C13H21Cl2NO3. The van der Waals surface area contributed by atoms with E-state index in [9.17, 15) is 4.79 Å². The Balaban J connectivity index is 0. The lowest BCUT2D eigenvalue weighted by molar-refractivity contribution is -0.137. The van der Waals surface area contributed by atoms with Crippen LogP contribution >= 0.6 is 24.8 Å². The summed E-state index contributed by atoms with van der Waals surface area (Å²) in [5, 5.41) is 8.45. The minimum Gasteiger partial charge on any atom is -0.481 e. The molecular weight excluding hydrogens is 289 g/mol. The molecule has 1 aromatic rings. The van der Waals surface area contributed by atoms with Crippen molar-refractivity contribution in [2.24, 2.45) is 0 Å². The van der Waals surface area contributed by atoms with Gasteiger partial charge in [0.1, 0.15) is 0 Å². The van der Waals surface area contributed by atoms with Crippen LogP contribution < -0.4 is 4.90 Å². The van der Waals surface area contributed by atoms with Crippen molar-refractivity contribution in [2.75, 3.05) is 25.6 Å². The molecule has 0 unspecified atom stereocenters. The van der Waals surface area contributed by atoms with Crippen LogP contribution in [0, 0.1) is 0 Å². The van der Waals surface area contributed by atoms with Crippen molar-refractivity contribution in [2.45, 2.75) is 19.4 Å². The molecule has 0 fully saturated rings. The summed E-state index contributed by atoms with van der Waals surface area (Å²) in [6, 6.07) is 8.12. The number of hydrogen-bond donors (Lipinski definition) is 1. The molecule has 0 aromatic heterocycles. The molecule has 0 saturated heterocycles. The first kappa shape index (κ1) is 20.3. The molecule has 1 rings (SSSR count). The fourth-order valence-corrected chi connectivity index (χ4v) is 1.41. The van der Waals surface area contributed by atoms with Gasteiger partial charge in [-0.25, -0.2) is 0 Å². The molecule has 0 saturated carbocycles. The van der Waals surface area contributed by atoms with E-state index in [0.717, 1.165) is 11.3 Å². The molecule has 1 N–H and O–H groups in total. The van der Waals surface area contributed by atoms with Gasteiger partial charge in [-0.1, -0.05) is 12.1 Å². The summed E-state index contributed by atoms with van der Waals surface area (Å²) in [6.07, 6.45) is 0.727. The molecule has 0 aliphatic carbocycles. The number of nitrogens with zero attached hydrogens (tertiary/aromatic N) is 1. The zero-order chi connectivity index (χ0) is 12.7. The molecule has 6 heteroatoms. The summed E-state index contributed by atoms with van der Waals surface area (Å²) < 4.78 is 5.39. The van der Waals surface area contributed by atoms with Gasteiger partial charge in [0.15, 0.2) is 0 Å². The predicted octanol–water partition coefficient (Wildman–Crippen LogP) is 2.98. The quantitative estimate of drug-likeness (QED) is 0.787. The lowest BCUT2D eigenvalue weighted by atomic mass is 10.2. The van der Waals surface area contributed by atoms with E-state index in [-0.39, 0.29) is 31.2 Å². The molecule has 0 atom stereocenters. The molecule has 0 bridgehead atoms. The summed E-state index contributed by atoms with van der Waals surface area (Å²) in [4.78, 5) is 12.3. The van der Waals surface area contributed by atoms with E-state index in [2.05, 4.69) is 0 Å². The maximum absolute atomic E-state index is 10.3. The Bertz CT molecular complexity index is 355. The number of benzene rings is 1. The van der Waals surface area contributed by atoms with Gasteiger partial charge in [0.05, 0.1) is 6.61 Å². The molecule has 19 heavy (non-hydrogen) atoms. The Morgan fingerprint density at radius 1 is 1.21 bits per heavy atom. The normalized spacial score (nSPS) is 9.16. The van der Waals surface area contributed by atoms with Crippen LogP contribution in [0.4, 0.5) is 5.69 Å². The van der Waals surface area contributed by atoms with Gasteiger partial charge in [0, 0.05) is 32.8 Å². The van der Waals surface area contributed by atoms with E-state index in [4.69, 9.17) is 9.84 Å². The van der Waals surface area contributed by atoms with E-state index in [1.807, 2.05) is 43.3 Å². The van der Waals surface area contributed by atoms with E-state index < -0.39 is 5.97 Å². The topological polar surface area (TPSA) is 49.8 Å². The second-order valence-corrected chi connectivity index (χ2v) is 4.11. The van der Waals surface area contributed by atoms with Gasteiger partial charge in [-0.15, -0.1) is 24.8 Å². The van der Waals surface area contributed by atoms with Gasteiger partial charge >= 0.3 is 5.97 Å². The number of rotatable bonds is 7. The summed E-state index contributed by atoms with van der Waals surface area (Å²) in [5.41, 5.74) is 2.26. The summed E-state index contributed by atoms with van der Waals surface area (Å²) in [6.45, 7) is 1.02.